The quantitative estimate of drug-likeness (QED) is 0.546. The Labute approximate surface area is 85.1 Å². The molecule has 1 aromatic heterocycles. The fourth-order valence-corrected chi connectivity index (χ4v) is 1.38. The van der Waals surface area contributed by atoms with Gasteiger partial charge in [0, 0.05) is 12.7 Å². The zero-order valence-electron chi connectivity index (χ0n) is 8.83. The molecule has 14 heavy (non-hydrogen) atoms. The van der Waals surface area contributed by atoms with Crippen LogP contribution in [0.25, 0.3) is 0 Å². The minimum Gasteiger partial charge on any atom is -0.308 e. The lowest BCUT2D eigenvalue weighted by Crippen LogP contribution is -2.18. The molecular formula is C10H18N4. The normalized spacial score (nSPS) is 10.6. The minimum absolute atomic E-state index is 0.701. The highest BCUT2D eigenvalue weighted by Crippen LogP contribution is 2.05. The molecular weight excluding hydrogens is 176 g/mol. The lowest BCUT2D eigenvalue weighted by molar-refractivity contribution is 0.327. The van der Waals surface area contributed by atoms with Gasteiger partial charge in [0.2, 0.25) is 0 Å². The second kappa shape index (κ2) is 5.57. The maximum Gasteiger partial charge on any atom is 0.139 e. The molecule has 4 nitrogen and oxygen atoms in total. The van der Waals surface area contributed by atoms with Crippen LogP contribution in [0, 0.1) is 0 Å². The first-order chi connectivity index (χ1) is 6.76. The van der Waals surface area contributed by atoms with Gasteiger partial charge in [0.05, 0.1) is 0 Å². The second-order valence-electron chi connectivity index (χ2n) is 3.43. The van der Waals surface area contributed by atoms with Crippen LogP contribution in [0.4, 0.5) is 5.82 Å². The molecule has 0 spiro atoms. The van der Waals surface area contributed by atoms with Gasteiger partial charge in [0.15, 0.2) is 0 Å². The summed E-state index contributed by atoms with van der Waals surface area (Å²) >= 11 is 0. The van der Waals surface area contributed by atoms with Gasteiger partial charge in [-0.15, -0.1) is 0 Å². The predicted molar refractivity (Wildman–Crippen MR) is 58.7 cm³/mol. The summed E-state index contributed by atoms with van der Waals surface area (Å²) < 4.78 is 0. The smallest absolute Gasteiger partial charge is 0.139 e. The summed E-state index contributed by atoms with van der Waals surface area (Å²) in [6.45, 7) is 4.22. The first kappa shape index (κ1) is 10.9. The Morgan fingerprint density at radius 3 is 2.79 bits per heavy atom. The molecule has 0 aromatic carbocycles. The fourth-order valence-electron chi connectivity index (χ4n) is 1.38. The molecule has 0 aliphatic carbocycles. The molecule has 0 fully saturated rings. The molecule has 0 aliphatic rings. The Hall–Kier alpha value is -1.13. The summed E-state index contributed by atoms with van der Waals surface area (Å²) in [5.74, 6) is 5.93. The highest BCUT2D eigenvalue weighted by molar-refractivity contribution is 5.33. The van der Waals surface area contributed by atoms with Crippen LogP contribution in [0.1, 0.15) is 18.9 Å². The largest absolute Gasteiger partial charge is 0.308 e. The lowest BCUT2D eigenvalue weighted by atomic mass is 10.2. The Morgan fingerprint density at radius 2 is 2.29 bits per heavy atom. The van der Waals surface area contributed by atoms with E-state index in [9.17, 15) is 0 Å². The average molecular weight is 194 g/mol. The fraction of sp³-hybridized carbons (Fsp3) is 0.500. The summed E-state index contributed by atoms with van der Waals surface area (Å²) in [7, 11) is 2.11. The van der Waals surface area contributed by atoms with Crippen LogP contribution in [-0.2, 0) is 6.54 Å². The van der Waals surface area contributed by atoms with E-state index in [1.807, 2.05) is 18.3 Å². The molecule has 1 rings (SSSR count). The number of hydrogen-bond donors (Lipinski definition) is 2. The van der Waals surface area contributed by atoms with Gasteiger partial charge < -0.3 is 10.3 Å². The predicted octanol–water partition coefficient (Wildman–Crippen LogP) is 1.21. The van der Waals surface area contributed by atoms with Crippen molar-refractivity contribution in [2.75, 3.05) is 19.0 Å². The van der Waals surface area contributed by atoms with Gasteiger partial charge in [-0.1, -0.05) is 13.0 Å². The van der Waals surface area contributed by atoms with E-state index in [0.29, 0.717) is 5.82 Å². The van der Waals surface area contributed by atoms with Crippen molar-refractivity contribution in [2.24, 2.45) is 5.84 Å². The van der Waals surface area contributed by atoms with E-state index in [0.717, 1.165) is 13.1 Å². The van der Waals surface area contributed by atoms with Crippen molar-refractivity contribution in [1.29, 1.82) is 0 Å². The van der Waals surface area contributed by atoms with E-state index in [1.54, 1.807) is 0 Å². The van der Waals surface area contributed by atoms with Crippen molar-refractivity contribution in [1.82, 2.24) is 9.88 Å². The number of hydrazine groups is 1. The molecule has 3 N–H and O–H groups in total. The number of nitrogens with two attached hydrogens (primary N) is 1. The monoisotopic (exact) mass is 194 g/mol. The van der Waals surface area contributed by atoms with E-state index < -0.39 is 0 Å². The molecule has 0 aliphatic heterocycles. The highest BCUT2D eigenvalue weighted by Gasteiger charge is 1.99. The Balaban J connectivity index is 2.50. The van der Waals surface area contributed by atoms with E-state index >= 15 is 0 Å². The third kappa shape index (κ3) is 3.32. The Kier molecular flexibility index (Phi) is 4.35. The molecule has 1 aromatic rings. The summed E-state index contributed by atoms with van der Waals surface area (Å²) in [5, 5.41) is 0. The van der Waals surface area contributed by atoms with Gasteiger partial charge in [-0.3, -0.25) is 0 Å². The maximum atomic E-state index is 5.23. The van der Waals surface area contributed by atoms with E-state index in [-0.39, 0.29) is 0 Å². The first-order valence-corrected chi connectivity index (χ1v) is 4.86. The molecule has 0 saturated heterocycles. The average Bonchev–Trinajstić information content (AvgIpc) is 2.19. The summed E-state index contributed by atoms with van der Waals surface area (Å²) in [4.78, 5) is 6.42. The van der Waals surface area contributed by atoms with Gasteiger partial charge in [0.1, 0.15) is 5.82 Å². The van der Waals surface area contributed by atoms with Crippen LogP contribution >= 0.6 is 0 Å². The highest BCUT2D eigenvalue weighted by atomic mass is 15.2. The van der Waals surface area contributed by atoms with Crippen LogP contribution < -0.4 is 11.3 Å². The van der Waals surface area contributed by atoms with Gasteiger partial charge >= 0.3 is 0 Å². The molecule has 78 valence electrons. The lowest BCUT2D eigenvalue weighted by Gasteiger charge is -2.15. The van der Waals surface area contributed by atoms with Crippen LogP contribution in [0.2, 0.25) is 0 Å². The van der Waals surface area contributed by atoms with E-state index in [4.69, 9.17) is 5.84 Å². The second-order valence-corrected chi connectivity index (χ2v) is 3.43. The van der Waals surface area contributed by atoms with Crippen molar-refractivity contribution in [2.45, 2.75) is 19.9 Å². The van der Waals surface area contributed by atoms with Crippen molar-refractivity contribution < 1.29 is 0 Å². The zero-order chi connectivity index (χ0) is 10.4. The first-order valence-electron chi connectivity index (χ1n) is 4.86. The number of pyridine rings is 1. The van der Waals surface area contributed by atoms with Crippen LogP contribution in [0.5, 0.6) is 0 Å². The van der Waals surface area contributed by atoms with Gasteiger partial charge in [-0.2, -0.15) is 0 Å². The Morgan fingerprint density at radius 1 is 1.50 bits per heavy atom. The topological polar surface area (TPSA) is 54.2 Å². The van der Waals surface area contributed by atoms with Crippen molar-refractivity contribution in [3.8, 4) is 0 Å². The van der Waals surface area contributed by atoms with Crippen molar-refractivity contribution in [3.63, 3.8) is 0 Å². The van der Waals surface area contributed by atoms with Crippen molar-refractivity contribution >= 4 is 5.82 Å². The standard InChI is InChI=1S/C10H18N4/c1-3-6-14(2)8-9-4-5-10(13-11)12-7-9/h4-5,7H,3,6,8,11H2,1-2H3,(H,12,13). The molecule has 1 heterocycles. The van der Waals surface area contributed by atoms with Gasteiger partial charge in [-0.25, -0.2) is 10.8 Å². The number of anilines is 1. The van der Waals surface area contributed by atoms with Gasteiger partial charge in [0.25, 0.3) is 0 Å². The SMILES string of the molecule is CCCN(C)Cc1ccc(NN)nc1. The third-order valence-electron chi connectivity index (χ3n) is 2.03. The molecule has 0 atom stereocenters. The van der Waals surface area contributed by atoms with E-state index in [2.05, 4.69) is 29.3 Å². The Bertz CT molecular complexity index is 257. The van der Waals surface area contributed by atoms with Crippen molar-refractivity contribution in [3.05, 3.63) is 23.9 Å². The number of nitrogens with one attached hydrogen (secondary N) is 1. The molecule has 0 saturated carbocycles. The molecule has 4 heteroatoms. The summed E-state index contributed by atoms with van der Waals surface area (Å²) in [5.41, 5.74) is 3.72. The van der Waals surface area contributed by atoms with Crippen LogP contribution in [-0.4, -0.2) is 23.5 Å². The molecule has 0 amide bonds. The summed E-state index contributed by atoms with van der Waals surface area (Å²) in [6.07, 6.45) is 3.02. The molecule has 0 bridgehead atoms. The third-order valence-corrected chi connectivity index (χ3v) is 2.03. The van der Waals surface area contributed by atoms with E-state index in [1.165, 1.54) is 12.0 Å². The number of nitrogens with zero attached hydrogens (tertiary/aromatic N) is 2. The number of nitrogen functional groups attached to an aromatic ring is 1. The van der Waals surface area contributed by atoms with Gasteiger partial charge in [-0.05, 0) is 31.6 Å². The molecule has 0 unspecified atom stereocenters. The number of hydrogen-bond acceptors (Lipinski definition) is 4. The molecule has 0 radical (unpaired) electrons. The van der Waals surface area contributed by atoms with Crippen LogP contribution in [0.15, 0.2) is 18.3 Å². The minimum atomic E-state index is 0.701. The van der Waals surface area contributed by atoms with Crippen LogP contribution in [0.3, 0.4) is 0 Å². The number of aromatic nitrogens is 1. The number of rotatable bonds is 5. The zero-order valence-corrected chi connectivity index (χ0v) is 8.83. The summed E-state index contributed by atoms with van der Waals surface area (Å²) in [6, 6.07) is 3.92. The maximum absolute atomic E-state index is 5.23.